The summed E-state index contributed by atoms with van der Waals surface area (Å²) in [5.74, 6) is -0.177. The summed E-state index contributed by atoms with van der Waals surface area (Å²) in [6, 6.07) is 11.9. The molecule has 2 atom stereocenters. The largest absolute Gasteiger partial charge is 0.390 e. The van der Waals surface area contributed by atoms with Crippen molar-refractivity contribution in [2.45, 2.75) is 18.6 Å². The van der Waals surface area contributed by atoms with Gasteiger partial charge in [0.05, 0.1) is 34.7 Å². The first-order chi connectivity index (χ1) is 15.9. The van der Waals surface area contributed by atoms with Crippen LogP contribution in [0.1, 0.15) is 12.0 Å². The second kappa shape index (κ2) is 8.24. The molecule has 0 radical (unpaired) electrons. The molecule has 2 unspecified atom stereocenters. The summed E-state index contributed by atoms with van der Waals surface area (Å²) in [6.45, 7) is 0.931. The maximum absolute atomic E-state index is 14.5. The maximum atomic E-state index is 14.5. The molecule has 0 bridgehead atoms. The molecule has 8 nitrogen and oxygen atoms in total. The van der Waals surface area contributed by atoms with Crippen molar-refractivity contribution in [3.05, 3.63) is 60.3 Å². The van der Waals surface area contributed by atoms with Crippen molar-refractivity contribution in [1.29, 1.82) is 5.26 Å². The van der Waals surface area contributed by atoms with Gasteiger partial charge in [0.15, 0.2) is 0 Å². The Labute approximate surface area is 189 Å². The number of hydrogen-bond donors (Lipinski definition) is 2. The van der Waals surface area contributed by atoms with Gasteiger partial charge in [0.1, 0.15) is 11.9 Å². The number of nitrogens with two attached hydrogens (primary N) is 1. The highest BCUT2D eigenvalue weighted by Gasteiger charge is 2.27. The highest BCUT2D eigenvalue weighted by molar-refractivity contribution is 5.87. The zero-order chi connectivity index (χ0) is 23.1. The van der Waals surface area contributed by atoms with Crippen molar-refractivity contribution in [3.8, 4) is 28.5 Å². The maximum Gasteiger partial charge on any atom is 0.225 e. The molecule has 1 fully saturated rings. The van der Waals surface area contributed by atoms with Gasteiger partial charge in [-0.2, -0.15) is 5.26 Å². The molecule has 3 N–H and O–H groups in total. The molecular formula is C24H22FN7O. The summed E-state index contributed by atoms with van der Waals surface area (Å²) in [4.78, 5) is 15.6. The second-order valence-electron chi connectivity index (χ2n) is 8.26. The fourth-order valence-electron chi connectivity index (χ4n) is 4.14. The van der Waals surface area contributed by atoms with E-state index >= 15 is 0 Å². The van der Waals surface area contributed by atoms with Crippen LogP contribution in [0.5, 0.6) is 0 Å². The van der Waals surface area contributed by atoms with Crippen LogP contribution in [-0.4, -0.2) is 49.9 Å². The number of nitriles is 1. The van der Waals surface area contributed by atoms with Gasteiger partial charge in [-0.15, -0.1) is 0 Å². The summed E-state index contributed by atoms with van der Waals surface area (Å²) in [5.41, 5.74) is 10.3. The van der Waals surface area contributed by atoms with Gasteiger partial charge in [0.2, 0.25) is 5.95 Å². The third-order valence-corrected chi connectivity index (χ3v) is 6.09. The zero-order valence-corrected chi connectivity index (χ0v) is 18.0. The minimum atomic E-state index is -0.676. The van der Waals surface area contributed by atoms with Crippen LogP contribution in [0.15, 0.2) is 48.9 Å². The standard InChI is InChI=1S/C24H22FN7O/c1-31-13-29-20-9-14(4-5-21(20)31)17-11-28-24(32-7-6-19(27)22(33)12-32)30-23(17)15-2-3-16(10-26)18(25)8-15/h2-5,8-9,11,13,19,22,33H,6-7,12,27H2,1H3. The number of fused-ring (bicyclic) bond motifs is 1. The molecule has 0 spiro atoms. The average Bonchev–Trinajstić information content (AvgIpc) is 3.20. The molecule has 166 valence electrons. The van der Waals surface area contributed by atoms with E-state index in [9.17, 15) is 9.50 Å². The normalized spacial score (nSPS) is 18.5. The van der Waals surface area contributed by atoms with E-state index < -0.39 is 11.9 Å². The quantitative estimate of drug-likeness (QED) is 0.500. The van der Waals surface area contributed by atoms with Crippen LogP contribution in [0.3, 0.4) is 0 Å². The third-order valence-electron chi connectivity index (χ3n) is 6.09. The topological polar surface area (TPSA) is 117 Å². The smallest absolute Gasteiger partial charge is 0.225 e. The molecule has 1 aliphatic rings. The van der Waals surface area contributed by atoms with Crippen LogP contribution < -0.4 is 10.6 Å². The number of anilines is 1. The number of rotatable bonds is 3. The fourth-order valence-corrected chi connectivity index (χ4v) is 4.14. The number of aryl methyl sites for hydroxylation is 1. The Balaban J connectivity index is 1.64. The van der Waals surface area contributed by atoms with Crippen molar-refractivity contribution in [2.24, 2.45) is 12.8 Å². The van der Waals surface area contributed by atoms with Crippen LogP contribution in [0.2, 0.25) is 0 Å². The Bertz CT molecular complexity index is 1390. The van der Waals surface area contributed by atoms with Gasteiger partial charge in [-0.25, -0.2) is 19.3 Å². The number of aliphatic hydroxyl groups is 1. The van der Waals surface area contributed by atoms with Crippen molar-refractivity contribution in [2.75, 3.05) is 18.0 Å². The molecule has 9 heteroatoms. The molecule has 3 heterocycles. The number of hydrogen-bond acceptors (Lipinski definition) is 7. The number of halogens is 1. The molecule has 2 aromatic heterocycles. The molecule has 33 heavy (non-hydrogen) atoms. The highest BCUT2D eigenvalue weighted by Crippen LogP contribution is 2.34. The predicted molar refractivity (Wildman–Crippen MR) is 123 cm³/mol. The minimum Gasteiger partial charge on any atom is -0.390 e. The van der Waals surface area contributed by atoms with Crippen molar-refractivity contribution in [1.82, 2.24) is 19.5 Å². The lowest BCUT2D eigenvalue weighted by molar-refractivity contribution is 0.131. The van der Waals surface area contributed by atoms with Gasteiger partial charge in [0.25, 0.3) is 0 Å². The van der Waals surface area contributed by atoms with E-state index in [1.165, 1.54) is 12.1 Å². The minimum absolute atomic E-state index is 0.0300. The van der Waals surface area contributed by atoms with E-state index in [2.05, 4.69) is 9.97 Å². The van der Waals surface area contributed by atoms with Gasteiger partial charge in [-0.1, -0.05) is 12.1 Å². The van der Waals surface area contributed by atoms with Crippen LogP contribution >= 0.6 is 0 Å². The summed E-state index contributed by atoms with van der Waals surface area (Å²) in [5, 5.41) is 19.3. The molecule has 5 rings (SSSR count). The first-order valence-corrected chi connectivity index (χ1v) is 10.6. The monoisotopic (exact) mass is 443 g/mol. The van der Waals surface area contributed by atoms with E-state index in [1.54, 1.807) is 18.6 Å². The van der Waals surface area contributed by atoms with Crippen LogP contribution in [0.4, 0.5) is 10.3 Å². The molecule has 0 amide bonds. The van der Waals surface area contributed by atoms with Crippen molar-refractivity contribution in [3.63, 3.8) is 0 Å². The Hall–Kier alpha value is -3.87. The molecule has 1 aliphatic heterocycles. The number of aromatic nitrogens is 4. The average molecular weight is 443 g/mol. The fraction of sp³-hybridized carbons (Fsp3) is 0.250. The Morgan fingerprint density at radius 3 is 2.76 bits per heavy atom. The van der Waals surface area contributed by atoms with E-state index in [4.69, 9.17) is 16.0 Å². The molecule has 2 aromatic carbocycles. The van der Waals surface area contributed by atoms with Gasteiger partial charge < -0.3 is 20.3 Å². The van der Waals surface area contributed by atoms with Gasteiger partial charge >= 0.3 is 0 Å². The Kier molecular flexibility index (Phi) is 5.24. The summed E-state index contributed by atoms with van der Waals surface area (Å²) < 4.78 is 16.4. The Morgan fingerprint density at radius 1 is 1.18 bits per heavy atom. The molecule has 0 aliphatic carbocycles. The zero-order valence-electron chi connectivity index (χ0n) is 18.0. The molecule has 0 saturated carbocycles. The second-order valence-corrected chi connectivity index (χ2v) is 8.26. The van der Waals surface area contributed by atoms with Crippen LogP contribution in [0, 0.1) is 17.1 Å². The summed E-state index contributed by atoms with van der Waals surface area (Å²) in [7, 11) is 1.93. The van der Waals surface area contributed by atoms with Gasteiger partial charge in [0, 0.05) is 43.5 Å². The molecular weight excluding hydrogens is 421 g/mol. The number of benzene rings is 2. The van der Waals surface area contributed by atoms with Gasteiger partial charge in [-0.05, 0) is 36.2 Å². The van der Waals surface area contributed by atoms with E-state index in [-0.39, 0.29) is 11.6 Å². The lowest BCUT2D eigenvalue weighted by Gasteiger charge is -2.34. The number of aliphatic hydroxyl groups excluding tert-OH is 1. The lowest BCUT2D eigenvalue weighted by atomic mass is 9.99. The van der Waals surface area contributed by atoms with E-state index in [0.29, 0.717) is 42.3 Å². The number of imidazole rings is 1. The first-order valence-electron chi connectivity index (χ1n) is 10.6. The van der Waals surface area contributed by atoms with Crippen molar-refractivity contribution >= 4 is 17.0 Å². The Morgan fingerprint density at radius 2 is 2.00 bits per heavy atom. The highest BCUT2D eigenvalue weighted by atomic mass is 19.1. The number of piperidine rings is 1. The third kappa shape index (κ3) is 3.80. The van der Waals surface area contributed by atoms with Crippen LogP contribution in [-0.2, 0) is 7.05 Å². The SMILES string of the molecule is Cn1cnc2cc(-c3cnc(N4CCC(N)C(O)C4)nc3-c3ccc(C#N)c(F)c3)ccc21. The van der Waals surface area contributed by atoms with Gasteiger partial charge in [-0.3, -0.25) is 0 Å². The van der Waals surface area contributed by atoms with Crippen LogP contribution in [0.25, 0.3) is 33.4 Å². The number of β-amino-alcohol motifs (C(OH)–C–C–N with tert-alkyl or cyclic N) is 1. The lowest BCUT2D eigenvalue weighted by Crippen LogP contribution is -2.51. The summed E-state index contributed by atoms with van der Waals surface area (Å²) in [6.07, 6.45) is 3.39. The number of nitrogens with zero attached hydrogens (tertiary/aromatic N) is 6. The summed E-state index contributed by atoms with van der Waals surface area (Å²) >= 11 is 0. The van der Waals surface area contributed by atoms with E-state index in [1.807, 2.05) is 40.8 Å². The van der Waals surface area contributed by atoms with E-state index in [0.717, 1.165) is 16.6 Å². The molecule has 4 aromatic rings. The first kappa shape index (κ1) is 21.0. The molecule has 1 saturated heterocycles. The van der Waals surface area contributed by atoms with Crippen molar-refractivity contribution < 1.29 is 9.50 Å². The predicted octanol–water partition coefficient (Wildman–Crippen LogP) is 2.61.